The number of carbonyl (C=O) groups is 2. The molecule has 0 aromatic heterocycles. The summed E-state index contributed by atoms with van der Waals surface area (Å²) >= 11 is 0. The Bertz CT molecular complexity index is 756. The largest absolute Gasteiger partial charge is 0.465 e. The van der Waals surface area contributed by atoms with Crippen LogP contribution in [0.2, 0.25) is 0 Å². The van der Waals surface area contributed by atoms with Crippen molar-refractivity contribution >= 4 is 34.4 Å². The van der Waals surface area contributed by atoms with Gasteiger partial charge in [-0.1, -0.05) is 6.92 Å². The highest BCUT2D eigenvalue weighted by Gasteiger charge is 2.29. The number of halogens is 1. The van der Waals surface area contributed by atoms with Crippen LogP contribution in [0.4, 0.5) is 0 Å². The Balaban J connectivity index is 0.00000364. The van der Waals surface area contributed by atoms with Gasteiger partial charge in [0.25, 0.3) is 0 Å². The van der Waals surface area contributed by atoms with Gasteiger partial charge >= 0.3 is 11.9 Å². The lowest BCUT2D eigenvalue weighted by Crippen LogP contribution is -2.42. The fourth-order valence-corrected chi connectivity index (χ4v) is 4.05. The first-order valence-electron chi connectivity index (χ1n) is 8.23. The fraction of sp³-hybridized carbons (Fsp3) is 0.529. The molecule has 1 aliphatic rings. The molecule has 1 saturated heterocycles. The van der Waals surface area contributed by atoms with E-state index in [2.05, 4.69) is 19.5 Å². The van der Waals surface area contributed by atoms with Gasteiger partial charge in [0.2, 0.25) is 10.0 Å². The number of carbonyl (C=O) groups excluding carboxylic acids is 2. The highest BCUT2D eigenvalue weighted by molar-refractivity contribution is 7.89. The van der Waals surface area contributed by atoms with Crippen molar-refractivity contribution in [3.8, 4) is 0 Å². The molecule has 2 N–H and O–H groups in total. The predicted molar refractivity (Wildman–Crippen MR) is 102 cm³/mol. The first-order chi connectivity index (χ1) is 12.2. The maximum absolute atomic E-state index is 12.7. The lowest BCUT2D eigenvalue weighted by Gasteiger charge is -2.34. The molecular formula is C17H25ClN2O6S. The summed E-state index contributed by atoms with van der Waals surface area (Å²) in [6, 6.07) is 3.61. The summed E-state index contributed by atoms with van der Waals surface area (Å²) in [7, 11) is -1.56. The molecule has 10 heteroatoms. The molecule has 0 unspecified atom stereocenters. The van der Waals surface area contributed by atoms with Gasteiger partial charge < -0.3 is 14.8 Å². The van der Waals surface area contributed by atoms with Crippen molar-refractivity contribution in [1.29, 1.82) is 0 Å². The Morgan fingerprint density at radius 2 is 1.56 bits per heavy atom. The molecule has 1 heterocycles. The van der Waals surface area contributed by atoms with Gasteiger partial charge in [0.05, 0.1) is 30.2 Å². The molecule has 0 aliphatic carbocycles. The molecule has 2 rings (SSSR count). The molecule has 0 amide bonds. The van der Waals surface area contributed by atoms with Crippen molar-refractivity contribution in [3.05, 3.63) is 29.3 Å². The van der Waals surface area contributed by atoms with Crippen LogP contribution in [-0.4, -0.2) is 54.2 Å². The first kappa shape index (κ1) is 23.4. The summed E-state index contributed by atoms with van der Waals surface area (Å²) in [6.45, 7) is 3.97. The smallest absolute Gasteiger partial charge is 0.337 e. The van der Waals surface area contributed by atoms with E-state index in [4.69, 9.17) is 0 Å². The average Bonchev–Trinajstić information content (AvgIpc) is 2.65. The molecule has 1 aromatic rings. The highest BCUT2D eigenvalue weighted by atomic mass is 35.5. The van der Waals surface area contributed by atoms with E-state index in [-0.39, 0.29) is 40.4 Å². The third-order valence-electron chi connectivity index (χ3n) is 4.56. The van der Waals surface area contributed by atoms with Crippen molar-refractivity contribution in [2.75, 3.05) is 33.9 Å². The van der Waals surface area contributed by atoms with Crippen LogP contribution in [0, 0.1) is 5.41 Å². The van der Waals surface area contributed by atoms with Gasteiger partial charge in [-0.05, 0) is 49.5 Å². The maximum atomic E-state index is 12.7. The number of ether oxygens (including phenoxy) is 2. The molecule has 0 atom stereocenters. The average molecular weight is 421 g/mol. The summed E-state index contributed by atoms with van der Waals surface area (Å²) in [4.78, 5) is 23.4. The molecule has 27 heavy (non-hydrogen) atoms. The number of nitrogens with one attached hydrogen (secondary N) is 2. The van der Waals surface area contributed by atoms with E-state index >= 15 is 0 Å². The van der Waals surface area contributed by atoms with Gasteiger partial charge in [-0.25, -0.2) is 22.7 Å². The maximum Gasteiger partial charge on any atom is 0.337 e. The third kappa shape index (κ3) is 5.90. The van der Waals surface area contributed by atoms with Gasteiger partial charge in [0.15, 0.2) is 0 Å². The van der Waals surface area contributed by atoms with Gasteiger partial charge in [0.1, 0.15) is 0 Å². The number of rotatable bonds is 6. The molecule has 152 valence electrons. The van der Waals surface area contributed by atoms with Crippen molar-refractivity contribution in [3.63, 3.8) is 0 Å². The lowest BCUT2D eigenvalue weighted by atomic mass is 9.81. The number of esters is 2. The van der Waals surface area contributed by atoms with Crippen molar-refractivity contribution in [2.45, 2.75) is 24.7 Å². The standard InChI is InChI=1S/C17H24N2O6S.ClH/c1-17(4-6-18-7-5-17)11-19-26(22,23)14-9-12(15(20)24-2)8-13(10-14)16(21)25-3;/h8-10,18-19H,4-7,11H2,1-3H3;1H. The normalized spacial score (nSPS) is 16.1. The summed E-state index contributed by atoms with van der Waals surface area (Å²) in [6.07, 6.45) is 1.70. The Morgan fingerprint density at radius 1 is 1.07 bits per heavy atom. The highest BCUT2D eigenvalue weighted by Crippen LogP contribution is 2.27. The van der Waals surface area contributed by atoms with Gasteiger partial charge in [-0.2, -0.15) is 0 Å². The number of methoxy groups -OCH3 is 2. The van der Waals surface area contributed by atoms with Gasteiger partial charge in [-0.15, -0.1) is 12.4 Å². The molecule has 1 aromatic carbocycles. The Kier molecular flexibility index (Phi) is 8.22. The lowest BCUT2D eigenvalue weighted by molar-refractivity contribution is 0.0598. The zero-order valence-corrected chi connectivity index (χ0v) is 17.2. The summed E-state index contributed by atoms with van der Waals surface area (Å²) in [5.41, 5.74) is -0.226. The fourth-order valence-electron chi connectivity index (χ4n) is 2.79. The second-order valence-corrected chi connectivity index (χ2v) is 8.38. The first-order valence-corrected chi connectivity index (χ1v) is 9.71. The predicted octanol–water partition coefficient (Wildman–Crippen LogP) is 1.35. The number of benzene rings is 1. The zero-order chi connectivity index (χ0) is 19.4. The Morgan fingerprint density at radius 3 is 2.00 bits per heavy atom. The minimum absolute atomic E-state index is 0. The second kappa shape index (κ2) is 9.50. The van der Waals surface area contributed by atoms with Crippen LogP contribution < -0.4 is 10.0 Å². The second-order valence-electron chi connectivity index (χ2n) is 6.61. The number of sulfonamides is 1. The van der Waals surface area contributed by atoms with E-state index in [0.29, 0.717) is 0 Å². The third-order valence-corrected chi connectivity index (χ3v) is 5.94. The van der Waals surface area contributed by atoms with Crippen LogP contribution in [-0.2, 0) is 19.5 Å². The molecular weight excluding hydrogens is 396 g/mol. The molecule has 1 fully saturated rings. The molecule has 1 aliphatic heterocycles. The molecule has 0 spiro atoms. The minimum atomic E-state index is -3.91. The van der Waals surface area contributed by atoms with Crippen LogP contribution in [0.5, 0.6) is 0 Å². The Labute approximate surface area is 165 Å². The molecule has 8 nitrogen and oxygen atoms in total. The number of hydrogen-bond acceptors (Lipinski definition) is 7. The van der Waals surface area contributed by atoms with Gasteiger partial charge in [0, 0.05) is 6.54 Å². The van der Waals surface area contributed by atoms with Crippen molar-refractivity contribution in [1.82, 2.24) is 10.0 Å². The van der Waals surface area contributed by atoms with E-state index in [9.17, 15) is 18.0 Å². The van der Waals surface area contributed by atoms with Crippen LogP contribution in [0.25, 0.3) is 0 Å². The van der Waals surface area contributed by atoms with E-state index in [1.165, 1.54) is 32.4 Å². The SMILES string of the molecule is COC(=O)c1cc(C(=O)OC)cc(S(=O)(=O)NCC2(C)CCNCC2)c1.Cl. The molecule has 0 bridgehead atoms. The van der Waals surface area contributed by atoms with E-state index in [1.54, 1.807) is 0 Å². The monoisotopic (exact) mass is 420 g/mol. The number of piperidine rings is 1. The summed E-state index contributed by atoms with van der Waals surface area (Å²) in [5.74, 6) is -1.48. The molecule has 0 radical (unpaired) electrons. The van der Waals surface area contributed by atoms with Crippen LogP contribution in [0.3, 0.4) is 0 Å². The van der Waals surface area contributed by atoms with Crippen LogP contribution >= 0.6 is 12.4 Å². The zero-order valence-electron chi connectivity index (χ0n) is 15.5. The van der Waals surface area contributed by atoms with Crippen molar-refractivity contribution < 1.29 is 27.5 Å². The summed E-state index contributed by atoms with van der Waals surface area (Å²) < 4.78 is 37.3. The summed E-state index contributed by atoms with van der Waals surface area (Å²) in [5, 5.41) is 3.24. The minimum Gasteiger partial charge on any atom is -0.465 e. The van der Waals surface area contributed by atoms with Crippen LogP contribution in [0.15, 0.2) is 23.1 Å². The van der Waals surface area contributed by atoms with E-state index in [0.717, 1.165) is 25.9 Å². The quantitative estimate of drug-likeness (QED) is 0.668. The number of hydrogen-bond donors (Lipinski definition) is 2. The Hall–Kier alpha value is -1.68. The van der Waals surface area contributed by atoms with Crippen molar-refractivity contribution in [2.24, 2.45) is 5.41 Å². The van der Waals surface area contributed by atoms with E-state index < -0.39 is 22.0 Å². The van der Waals surface area contributed by atoms with E-state index in [1.807, 2.05) is 6.92 Å². The van der Waals surface area contributed by atoms with Gasteiger partial charge in [-0.3, -0.25) is 0 Å². The molecule has 0 saturated carbocycles. The van der Waals surface area contributed by atoms with Crippen LogP contribution in [0.1, 0.15) is 40.5 Å². The topological polar surface area (TPSA) is 111 Å².